The van der Waals surface area contributed by atoms with E-state index >= 15 is 0 Å². The van der Waals surface area contributed by atoms with E-state index in [1.54, 1.807) is 0 Å². The topological polar surface area (TPSA) is 108 Å². The van der Waals surface area contributed by atoms with Gasteiger partial charge in [0.25, 0.3) is 5.91 Å². The normalized spacial score (nSPS) is 20.4. The lowest BCUT2D eigenvalue weighted by Crippen LogP contribution is -2.45. The van der Waals surface area contributed by atoms with Crippen LogP contribution in [0.2, 0.25) is 0 Å². The van der Waals surface area contributed by atoms with Gasteiger partial charge >= 0.3 is 5.97 Å². The van der Waals surface area contributed by atoms with Gasteiger partial charge in [0.1, 0.15) is 11.3 Å². The summed E-state index contributed by atoms with van der Waals surface area (Å²) in [6.45, 7) is 0. The number of amides is 1. The highest BCUT2D eigenvalue weighted by atomic mass is 16.4. The van der Waals surface area contributed by atoms with Crippen molar-refractivity contribution < 1.29 is 14.7 Å². The van der Waals surface area contributed by atoms with Gasteiger partial charge in [-0.15, -0.1) is 0 Å². The minimum absolute atomic E-state index is 0.0301. The number of benzene rings is 1. The van der Waals surface area contributed by atoms with E-state index in [1.807, 2.05) is 30.3 Å². The number of carbonyl (C=O) groups is 2. The maximum Gasteiger partial charge on any atom is 0.339 e. The third kappa shape index (κ3) is 3.08. The van der Waals surface area contributed by atoms with Crippen LogP contribution in [0.25, 0.3) is 0 Å². The predicted molar refractivity (Wildman–Crippen MR) is 81.5 cm³/mol. The molecular formula is C15H17N5O3. The second kappa shape index (κ2) is 6.19. The number of nitrogens with one attached hydrogen (secondary N) is 3. The van der Waals surface area contributed by atoms with Crippen molar-refractivity contribution in [3.8, 4) is 0 Å². The molecule has 1 aromatic heterocycles. The number of rotatable bonds is 4. The summed E-state index contributed by atoms with van der Waals surface area (Å²) in [5, 5.41) is 15.7. The van der Waals surface area contributed by atoms with Gasteiger partial charge < -0.3 is 10.4 Å². The van der Waals surface area contributed by atoms with Crippen LogP contribution in [0.4, 0.5) is 0 Å². The standard InChI is InChI=1S/C15H17N5O3/c1-20-13(10(8-16-20)15(22)23)14(21)17-12-7-11(18-19-12)9-5-3-2-4-6-9/h2-6,8,11-12,18-19H,7H2,1H3,(H,17,21)(H,22,23). The second-order valence-electron chi connectivity index (χ2n) is 5.35. The molecule has 0 aliphatic carbocycles. The molecule has 1 saturated heterocycles. The lowest BCUT2D eigenvalue weighted by molar-refractivity contribution is 0.0689. The Hall–Kier alpha value is -2.71. The average Bonchev–Trinajstić information content (AvgIpc) is 3.15. The van der Waals surface area contributed by atoms with Crippen molar-refractivity contribution in [2.45, 2.75) is 18.6 Å². The highest BCUT2D eigenvalue weighted by Crippen LogP contribution is 2.21. The first-order valence-corrected chi connectivity index (χ1v) is 7.18. The highest BCUT2D eigenvalue weighted by Gasteiger charge is 2.29. The van der Waals surface area contributed by atoms with Gasteiger partial charge in [0.2, 0.25) is 0 Å². The maximum absolute atomic E-state index is 12.3. The minimum Gasteiger partial charge on any atom is -0.478 e. The van der Waals surface area contributed by atoms with E-state index in [-0.39, 0.29) is 23.5 Å². The molecule has 8 nitrogen and oxygen atoms in total. The number of carboxylic acid groups (broad SMARTS) is 1. The quantitative estimate of drug-likeness (QED) is 0.651. The summed E-state index contributed by atoms with van der Waals surface area (Å²) >= 11 is 0. The first-order chi connectivity index (χ1) is 11.1. The Morgan fingerprint density at radius 3 is 2.74 bits per heavy atom. The largest absolute Gasteiger partial charge is 0.478 e. The summed E-state index contributed by atoms with van der Waals surface area (Å²) in [5.74, 6) is -1.65. The fraction of sp³-hybridized carbons (Fsp3) is 0.267. The molecule has 1 aliphatic rings. The molecule has 0 saturated carbocycles. The van der Waals surface area contributed by atoms with Gasteiger partial charge in [-0.05, 0) is 5.56 Å². The summed E-state index contributed by atoms with van der Waals surface area (Å²) in [4.78, 5) is 23.5. The molecule has 1 fully saturated rings. The van der Waals surface area contributed by atoms with Crippen molar-refractivity contribution in [2.24, 2.45) is 7.05 Å². The van der Waals surface area contributed by atoms with Gasteiger partial charge in [0.05, 0.1) is 12.4 Å². The zero-order valence-corrected chi connectivity index (χ0v) is 12.5. The molecule has 1 aromatic carbocycles. The van der Waals surface area contributed by atoms with Crippen molar-refractivity contribution >= 4 is 11.9 Å². The number of carboxylic acids is 1. The molecule has 8 heteroatoms. The van der Waals surface area contributed by atoms with Crippen LogP contribution in [0.3, 0.4) is 0 Å². The zero-order chi connectivity index (χ0) is 16.4. The zero-order valence-electron chi connectivity index (χ0n) is 12.5. The van der Waals surface area contributed by atoms with Crippen molar-refractivity contribution in [1.82, 2.24) is 25.9 Å². The van der Waals surface area contributed by atoms with Crippen molar-refractivity contribution in [1.29, 1.82) is 0 Å². The van der Waals surface area contributed by atoms with Crippen LogP contribution < -0.4 is 16.2 Å². The smallest absolute Gasteiger partial charge is 0.339 e. The van der Waals surface area contributed by atoms with Gasteiger partial charge in [-0.3, -0.25) is 9.48 Å². The molecule has 0 radical (unpaired) electrons. The molecule has 3 rings (SSSR count). The SMILES string of the molecule is Cn1ncc(C(=O)O)c1C(=O)NC1CC(c2ccccc2)NN1. The summed E-state index contributed by atoms with van der Waals surface area (Å²) in [5.41, 5.74) is 7.16. The molecule has 2 aromatic rings. The number of aryl methyl sites for hydroxylation is 1. The summed E-state index contributed by atoms with van der Waals surface area (Å²) in [6.07, 6.45) is 1.52. The number of nitrogens with zero attached hydrogens (tertiary/aromatic N) is 2. The summed E-state index contributed by atoms with van der Waals surface area (Å²) in [7, 11) is 1.54. The minimum atomic E-state index is -1.18. The molecular weight excluding hydrogens is 298 g/mol. The molecule has 1 amide bonds. The Bertz CT molecular complexity index is 728. The second-order valence-corrected chi connectivity index (χ2v) is 5.35. The number of aromatic carboxylic acids is 1. The number of aromatic nitrogens is 2. The molecule has 2 heterocycles. The van der Waals surface area contributed by atoms with Gasteiger partial charge in [-0.25, -0.2) is 15.6 Å². The van der Waals surface area contributed by atoms with E-state index in [2.05, 4.69) is 21.3 Å². The van der Waals surface area contributed by atoms with Crippen LogP contribution in [0.15, 0.2) is 36.5 Å². The van der Waals surface area contributed by atoms with Crippen molar-refractivity contribution in [3.63, 3.8) is 0 Å². The van der Waals surface area contributed by atoms with Crippen LogP contribution >= 0.6 is 0 Å². The third-order valence-corrected chi connectivity index (χ3v) is 3.79. The van der Waals surface area contributed by atoms with Crippen LogP contribution in [0.5, 0.6) is 0 Å². The van der Waals surface area contributed by atoms with E-state index in [1.165, 1.54) is 17.9 Å². The Labute approximate surface area is 132 Å². The Morgan fingerprint density at radius 1 is 1.30 bits per heavy atom. The number of hydrazine groups is 1. The first kappa shape index (κ1) is 15.2. The monoisotopic (exact) mass is 315 g/mol. The molecule has 1 aliphatic heterocycles. The van der Waals surface area contributed by atoms with Crippen molar-refractivity contribution in [2.75, 3.05) is 0 Å². The maximum atomic E-state index is 12.3. The third-order valence-electron chi connectivity index (χ3n) is 3.79. The van der Waals surface area contributed by atoms with Gasteiger partial charge in [0, 0.05) is 19.5 Å². The van der Waals surface area contributed by atoms with E-state index in [0.717, 1.165) is 5.56 Å². The summed E-state index contributed by atoms with van der Waals surface area (Å²) < 4.78 is 1.26. The Balaban J connectivity index is 1.68. The fourth-order valence-corrected chi connectivity index (χ4v) is 2.64. The lowest BCUT2D eigenvalue weighted by atomic mass is 10.0. The average molecular weight is 315 g/mol. The van der Waals surface area contributed by atoms with Gasteiger partial charge in [-0.1, -0.05) is 30.3 Å². The van der Waals surface area contributed by atoms with Gasteiger partial charge in [0.15, 0.2) is 0 Å². The molecule has 120 valence electrons. The van der Waals surface area contributed by atoms with E-state index < -0.39 is 11.9 Å². The Kier molecular flexibility index (Phi) is 4.09. The summed E-state index contributed by atoms with van der Waals surface area (Å²) in [6, 6.07) is 9.95. The molecule has 0 bridgehead atoms. The lowest BCUT2D eigenvalue weighted by Gasteiger charge is -2.12. The van der Waals surface area contributed by atoms with Crippen LogP contribution in [0.1, 0.15) is 38.9 Å². The van der Waals surface area contributed by atoms with E-state index in [0.29, 0.717) is 6.42 Å². The first-order valence-electron chi connectivity index (χ1n) is 7.18. The van der Waals surface area contributed by atoms with Crippen LogP contribution in [-0.4, -0.2) is 32.9 Å². The molecule has 4 N–H and O–H groups in total. The van der Waals surface area contributed by atoms with Crippen LogP contribution in [-0.2, 0) is 7.05 Å². The van der Waals surface area contributed by atoms with Crippen molar-refractivity contribution in [3.05, 3.63) is 53.3 Å². The number of hydrogen-bond acceptors (Lipinski definition) is 5. The van der Waals surface area contributed by atoms with E-state index in [9.17, 15) is 9.59 Å². The highest BCUT2D eigenvalue weighted by molar-refractivity contribution is 6.03. The number of hydrogen-bond donors (Lipinski definition) is 4. The predicted octanol–water partition coefficient (Wildman–Crippen LogP) is 0.413. The molecule has 0 spiro atoms. The van der Waals surface area contributed by atoms with Gasteiger partial charge in [-0.2, -0.15) is 5.10 Å². The fourth-order valence-electron chi connectivity index (χ4n) is 2.64. The number of carbonyl (C=O) groups excluding carboxylic acids is 1. The molecule has 23 heavy (non-hydrogen) atoms. The van der Waals surface area contributed by atoms with E-state index in [4.69, 9.17) is 5.11 Å². The Morgan fingerprint density at radius 2 is 2.04 bits per heavy atom. The van der Waals surface area contributed by atoms with Crippen LogP contribution in [0, 0.1) is 0 Å². The molecule has 2 unspecified atom stereocenters. The molecule has 2 atom stereocenters.